The van der Waals surface area contributed by atoms with E-state index in [1.165, 1.54) is 25.1 Å². The van der Waals surface area contributed by atoms with Gasteiger partial charge in [-0.2, -0.15) is 0 Å². The minimum Gasteiger partial charge on any atom is -0.313 e. The van der Waals surface area contributed by atoms with Crippen LogP contribution in [0.15, 0.2) is 10.9 Å². The molecule has 1 aliphatic rings. The van der Waals surface area contributed by atoms with Crippen LogP contribution >= 0.6 is 11.3 Å². The molecule has 1 saturated heterocycles. The zero-order valence-electron chi connectivity index (χ0n) is 10.1. The summed E-state index contributed by atoms with van der Waals surface area (Å²) >= 11 is 1.68. The van der Waals surface area contributed by atoms with Gasteiger partial charge in [0.2, 0.25) is 0 Å². The maximum Gasteiger partial charge on any atom is 0.0794 e. The first kappa shape index (κ1) is 12.0. The van der Waals surface area contributed by atoms with Crippen molar-refractivity contribution in [3.8, 4) is 0 Å². The summed E-state index contributed by atoms with van der Waals surface area (Å²) in [5, 5.41) is 5.79. The molecule has 0 radical (unpaired) electrons. The van der Waals surface area contributed by atoms with Crippen molar-refractivity contribution < 1.29 is 0 Å². The van der Waals surface area contributed by atoms with Gasteiger partial charge in [0.15, 0.2) is 0 Å². The van der Waals surface area contributed by atoms with Gasteiger partial charge in [-0.25, -0.2) is 4.98 Å². The quantitative estimate of drug-likeness (QED) is 0.868. The van der Waals surface area contributed by atoms with Crippen LogP contribution in [0.1, 0.15) is 25.5 Å². The number of aromatic nitrogens is 1. The van der Waals surface area contributed by atoms with Gasteiger partial charge in [-0.15, -0.1) is 11.3 Å². The summed E-state index contributed by atoms with van der Waals surface area (Å²) in [5.41, 5.74) is 3.13. The van der Waals surface area contributed by atoms with Crippen LogP contribution < -0.4 is 5.32 Å². The van der Waals surface area contributed by atoms with E-state index in [-0.39, 0.29) is 0 Å². The third kappa shape index (κ3) is 3.27. The van der Waals surface area contributed by atoms with Crippen molar-refractivity contribution in [3.05, 3.63) is 16.6 Å². The average Bonchev–Trinajstić information content (AvgIpc) is 2.76. The first-order valence-corrected chi connectivity index (χ1v) is 7.00. The zero-order valence-corrected chi connectivity index (χ0v) is 11.0. The highest BCUT2D eigenvalue weighted by Crippen LogP contribution is 2.15. The summed E-state index contributed by atoms with van der Waals surface area (Å²) in [6.45, 7) is 4.59. The molecule has 2 rings (SSSR count). The second-order valence-electron chi connectivity index (χ2n) is 4.73. The predicted octanol–water partition coefficient (Wildman–Crippen LogP) is 1.76. The number of likely N-dealkylation sites (tertiary alicyclic amines) is 1. The van der Waals surface area contributed by atoms with Crippen LogP contribution in [-0.2, 0) is 6.42 Å². The number of hydrogen-bond acceptors (Lipinski definition) is 4. The summed E-state index contributed by atoms with van der Waals surface area (Å²) in [4.78, 5) is 6.74. The summed E-state index contributed by atoms with van der Waals surface area (Å²) in [7, 11) is 2.22. The minimum atomic E-state index is 0.699. The number of piperidine rings is 1. The molecule has 1 aromatic heterocycles. The molecular weight excluding hydrogens is 218 g/mol. The van der Waals surface area contributed by atoms with Crippen LogP contribution in [0.4, 0.5) is 0 Å². The third-order valence-electron chi connectivity index (χ3n) is 3.51. The van der Waals surface area contributed by atoms with E-state index in [1.807, 2.05) is 5.51 Å². The van der Waals surface area contributed by atoms with Crippen molar-refractivity contribution in [2.45, 2.75) is 38.3 Å². The Balaban J connectivity index is 1.67. The number of thiazole rings is 1. The summed E-state index contributed by atoms with van der Waals surface area (Å²) in [6, 6.07) is 1.41. The third-order valence-corrected chi connectivity index (χ3v) is 4.14. The highest BCUT2D eigenvalue weighted by molar-refractivity contribution is 7.07. The number of nitrogens with one attached hydrogen (secondary N) is 1. The fourth-order valence-electron chi connectivity index (χ4n) is 2.24. The largest absolute Gasteiger partial charge is 0.313 e. The molecule has 0 bridgehead atoms. The molecule has 3 nitrogen and oxygen atoms in total. The van der Waals surface area contributed by atoms with Gasteiger partial charge in [-0.05, 0) is 33.4 Å². The minimum absolute atomic E-state index is 0.699. The lowest BCUT2D eigenvalue weighted by Crippen LogP contribution is -2.46. The molecule has 2 unspecified atom stereocenters. The molecule has 4 heteroatoms. The molecule has 0 spiro atoms. The molecule has 1 fully saturated rings. The first-order chi connectivity index (χ1) is 7.75. The van der Waals surface area contributed by atoms with E-state index in [4.69, 9.17) is 0 Å². The first-order valence-electron chi connectivity index (χ1n) is 6.06. The second-order valence-corrected chi connectivity index (χ2v) is 5.45. The Morgan fingerprint density at radius 2 is 2.50 bits per heavy atom. The van der Waals surface area contributed by atoms with E-state index in [9.17, 15) is 0 Å². The van der Waals surface area contributed by atoms with Gasteiger partial charge in [0.25, 0.3) is 0 Å². The molecule has 1 N–H and O–H groups in total. The summed E-state index contributed by atoms with van der Waals surface area (Å²) in [6.07, 6.45) is 3.61. The van der Waals surface area contributed by atoms with Crippen LogP contribution in [0.25, 0.3) is 0 Å². The summed E-state index contributed by atoms with van der Waals surface area (Å²) in [5.74, 6) is 0. The van der Waals surface area contributed by atoms with Crippen LogP contribution in [0.5, 0.6) is 0 Å². The molecule has 90 valence electrons. The van der Waals surface area contributed by atoms with E-state index in [0.29, 0.717) is 12.1 Å². The van der Waals surface area contributed by atoms with Gasteiger partial charge in [0, 0.05) is 30.4 Å². The van der Waals surface area contributed by atoms with E-state index >= 15 is 0 Å². The molecule has 1 aromatic rings. The summed E-state index contributed by atoms with van der Waals surface area (Å²) < 4.78 is 0. The maximum atomic E-state index is 4.30. The van der Waals surface area contributed by atoms with Crippen molar-refractivity contribution in [1.82, 2.24) is 15.2 Å². The topological polar surface area (TPSA) is 28.2 Å². The Morgan fingerprint density at radius 3 is 3.19 bits per heavy atom. The van der Waals surface area contributed by atoms with E-state index in [0.717, 1.165) is 13.0 Å². The highest BCUT2D eigenvalue weighted by atomic mass is 32.1. The van der Waals surface area contributed by atoms with Gasteiger partial charge in [0.1, 0.15) is 0 Å². The predicted molar refractivity (Wildman–Crippen MR) is 68.9 cm³/mol. The second kappa shape index (κ2) is 5.75. The van der Waals surface area contributed by atoms with Crippen LogP contribution in [0.2, 0.25) is 0 Å². The van der Waals surface area contributed by atoms with Gasteiger partial charge < -0.3 is 10.2 Å². The highest BCUT2D eigenvalue weighted by Gasteiger charge is 2.21. The zero-order chi connectivity index (χ0) is 11.4. The van der Waals surface area contributed by atoms with Crippen molar-refractivity contribution in [1.29, 1.82) is 0 Å². The van der Waals surface area contributed by atoms with Crippen LogP contribution in [0.3, 0.4) is 0 Å². The lowest BCUT2D eigenvalue weighted by molar-refractivity contribution is 0.169. The molecule has 1 aliphatic heterocycles. The Labute approximate surface area is 102 Å². The number of hydrogen-bond donors (Lipinski definition) is 1. The average molecular weight is 239 g/mol. The van der Waals surface area contributed by atoms with Crippen LogP contribution in [0, 0.1) is 0 Å². The Kier molecular flexibility index (Phi) is 4.32. The normalized spacial score (nSPS) is 27.1. The SMILES string of the molecule is CC1CC(NCCc2cscn2)CCN1C. The molecule has 2 atom stereocenters. The Morgan fingerprint density at radius 1 is 1.62 bits per heavy atom. The van der Waals surface area contributed by atoms with Crippen molar-refractivity contribution in [3.63, 3.8) is 0 Å². The molecule has 0 amide bonds. The monoisotopic (exact) mass is 239 g/mol. The van der Waals surface area contributed by atoms with Gasteiger partial charge in [0.05, 0.1) is 11.2 Å². The maximum absolute atomic E-state index is 4.30. The number of nitrogens with zero attached hydrogens (tertiary/aromatic N) is 2. The van der Waals surface area contributed by atoms with E-state index in [2.05, 4.69) is 34.6 Å². The van der Waals surface area contributed by atoms with Gasteiger partial charge in [-0.3, -0.25) is 0 Å². The van der Waals surface area contributed by atoms with Crippen molar-refractivity contribution in [2.24, 2.45) is 0 Å². The van der Waals surface area contributed by atoms with Gasteiger partial charge in [-0.1, -0.05) is 0 Å². The van der Waals surface area contributed by atoms with E-state index in [1.54, 1.807) is 11.3 Å². The molecule has 0 saturated carbocycles. The molecule has 0 aromatic carbocycles. The van der Waals surface area contributed by atoms with Crippen molar-refractivity contribution >= 4 is 11.3 Å². The lowest BCUT2D eigenvalue weighted by atomic mass is 9.99. The molecule has 2 heterocycles. The Hall–Kier alpha value is -0.450. The Bertz CT molecular complexity index is 299. The smallest absolute Gasteiger partial charge is 0.0794 e. The molecule has 16 heavy (non-hydrogen) atoms. The fraction of sp³-hybridized carbons (Fsp3) is 0.750. The molecular formula is C12H21N3S. The number of rotatable bonds is 4. The lowest BCUT2D eigenvalue weighted by Gasteiger charge is -2.35. The van der Waals surface area contributed by atoms with Gasteiger partial charge >= 0.3 is 0 Å². The standard InChI is InChI=1S/C12H21N3S/c1-10-7-11(4-6-15(10)2)13-5-3-12-8-16-9-14-12/h8-11,13H,3-7H2,1-2H3. The molecule has 0 aliphatic carbocycles. The fourth-order valence-corrected chi connectivity index (χ4v) is 2.83. The van der Waals surface area contributed by atoms with Crippen molar-refractivity contribution in [2.75, 3.05) is 20.1 Å². The van der Waals surface area contributed by atoms with Crippen LogP contribution in [-0.4, -0.2) is 42.1 Å². The van der Waals surface area contributed by atoms with E-state index < -0.39 is 0 Å².